The molecular weight excluding hydrogens is 230 g/mol. The Morgan fingerprint density at radius 2 is 2.22 bits per heavy atom. The van der Waals surface area contributed by atoms with Gasteiger partial charge in [0.05, 0.1) is 5.52 Å². The Labute approximate surface area is 105 Å². The van der Waals surface area contributed by atoms with Gasteiger partial charge in [0.2, 0.25) is 0 Å². The Hall–Kier alpha value is -2.24. The Kier molecular flexibility index (Phi) is 3.66. The smallest absolute Gasteiger partial charge is 0.261 e. The zero-order valence-electron chi connectivity index (χ0n) is 10.4. The largest absolute Gasteiger partial charge is 0.271 e. The van der Waals surface area contributed by atoms with Crippen molar-refractivity contribution < 1.29 is 4.79 Å². The van der Waals surface area contributed by atoms with Gasteiger partial charge in [-0.2, -0.15) is 5.10 Å². The fraction of sp³-hybridized carbons (Fsp3) is 0.333. The Bertz CT molecular complexity index is 587. The van der Waals surface area contributed by atoms with Gasteiger partial charge < -0.3 is 0 Å². The highest BCUT2D eigenvalue weighted by Gasteiger charge is 2.07. The van der Waals surface area contributed by atoms with Crippen molar-refractivity contribution in [1.82, 2.24) is 20.4 Å². The summed E-state index contributed by atoms with van der Waals surface area (Å²) in [6.45, 7) is 3.96. The normalized spacial score (nSPS) is 11.8. The monoisotopic (exact) mass is 245 g/mol. The summed E-state index contributed by atoms with van der Waals surface area (Å²) in [6.07, 6.45) is 0.812. The topological polar surface area (TPSA) is 72.2 Å². The van der Waals surface area contributed by atoms with E-state index in [1.54, 1.807) is 4.68 Å². The molecule has 0 spiro atoms. The van der Waals surface area contributed by atoms with Crippen LogP contribution in [0.15, 0.2) is 29.4 Å². The van der Waals surface area contributed by atoms with E-state index in [2.05, 4.69) is 20.8 Å². The summed E-state index contributed by atoms with van der Waals surface area (Å²) in [5.41, 5.74) is 4.99. The van der Waals surface area contributed by atoms with E-state index in [9.17, 15) is 4.79 Å². The fourth-order valence-corrected chi connectivity index (χ4v) is 1.44. The molecule has 0 saturated heterocycles. The van der Waals surface area contributed by atoms with Crippen LogP contribution in [-0.2, 0) is 11.3 Å². The molecule has 6 nitrogen and oxygen atoms in total. The van der Waals surface area contributed by atoms with Gasteiger partial charge in [0.15, 0.2) is 0 Å². The van der Waals surface area contributed by atoms with Gasteiger partial charge >= 0.3 is 0 Å². The molecule has 1 N–H and O–H groups in total. The molecule has 0 aliphatic carbocycles. The predicted molar refractivity (Wildman–Crippen MR) is 69.1 cm³/mol. The average Bonchev–Trinajstić information content (AvgIpc) is 2.79. The quantitative estimate of drug-likeness (QED) is 0.652. The summed E-state index contributed by atoms with van der Waals surface area (Å²) >= 11 is 0. The van der Waals surface area contributed by atoms with Crippen molar-refractivity contribution in [3.63, 3.8) is 0 Å². The second-order valence-electron chi connectivity index (χ2n) is 3.97. The average molecular weight is 245 g/mol. The molecule has 1 amide bonds. The fourth-order valence-electron chi connectivity index (χ4n) is 1.44. The Morgan fingerprint density at radius 1 is 1.44 bits per heavy atom. The van der Waals surface area contributed by atoms with E-state index in [-0.39, 0.29) is 12.5 Å². The minimum atomic E-state index is -0.210. The Morgan fingerprint density at radius 3 is 3.00 bits per heavy atom. The van der Waals surface area contributed by atoms with Gasteiger partial charge in [0.25, 0.3) is 5.91 Å². The second kappa shape index (κ2) is 5.39. The van der Waals surface area contributed by atoms with Gasteiger partial charge in [-0.25, -0.2) is 10.1 Å². The van der Waals surface area contributed by atoms with Gasteiger partial charge in [0.1, 0.15) is 12.1 Å². The minimum absolute atomic E-state index is 0.112. The molecule has 18 heavy (non-hydrogen) atoms. The van der Waals surface area contributed by atoms with Gasteiger partial charge in [-0.3, -0.25) is 4.79 Å². The molecule has 2 aromatic rings. The minimum Gasteiger partial charge on any atom is -0.271 e. The lowest BCUT2D eigenvalue weighted by atomic mass is 10.3. The highest BCUT2D eigenvalue weighted by atomic mass is 16.2. The molecule has 2 rings (SSSR count). The molecule has 1 aromatic carbocycles. The molecule has 0 bridgehead atoms. The first-order valence-electron chi connectivity index (χ1n) is 5.81. The third-order valence-electron chi connectivity index (χ3n) is 2.60. The number of carbonyl (C=O) groups excluding carboxylic acids is 1. The number of rotatable bonds is 4. The van der Waals surface area contributed by atoms with Crippen molar-refractivity contribution in [2.45, 2.75) is 26.8 Å². The van der Waals surface area contributed by atoms with Crippen LogP contribution in [0.4, 0.5) is 0 Å². The van der Waals surface area contributed by atoms with Crippen LogP contribution in [0, 0.1) is 0 Å². The second-order valence-corrected chi connectivity index (χ2v) is 3.97. The maximum absolute atomic E-state index is 11.7. The lowest BCUT2D eigenvalue weighted by Crippen LogP contribution is -2.24. The highest BCUT2D eigenvalue weighted by Crippen LogP contribution is 2.08. The maximum atomic E-state index is 11.7. The van der Waals surface area contributed by atoms with Crippen molar-refractivity contribution in [3.8, 4) is 0 Å². The van der Waals surface area contributed by atoms with E-state index >= 15 is 0 Å². The van der Waals surface area contributed by atoms with Crippen molar-refractivity contribution in [2.75, 3.05) is 0 Å². The third kappa shape index (κ3) is 2.71. The van der Waals surface area contributed by atoms with Gasteiger partial charge in [-0.05, 0) is 25.5 Å². The van der Waals surface area contributed by atoms with Crippen LogP contribution in [0.3, 0.4) is 0 Å². The number of hydrazone groups is 1. The van der Waals surface area contributed by atoms with E-state index in [1.807, 2.05) is 38.1 Å². The van der Waals surface area contributed by atoms with Crippen LogP contribution in [0.2, 0.25) is 0 Å². The molecule has 0 fully saturated rings. The molecule has 1 heterocycles. The van der Waals surface area contributed by atoms with Gasteiger partial charge in [-0.15, -0.1) is 5.10 Å². The zero-order chi connectivity index (χ0) is 13.0. The van der Waals surface area contributed by atoms with Crippen molar-refractivity contribution in [2.24, 2.45) is 5.10 Å². The number of nitrogens with one attached hydrogen (secondary N) is 1. The van der Waals surface area contributed by atoms with Crippen LogP contribution < -0.4 is 5.43 Å². The maximum Gasteiger partial charge on any atom is 0.261 e. The molecule has 1 aromatic heterocycles. The number of fused-ring (bicyclic) bond motifs is 1. The summed E-state index contributed by atoms with van der Waals surface area (Å²) in [5.74, 6) is -0.210. The third-order valence-corrected chi connectivity index (χ3v) is 2.60. The number of hydrogen-bond donors (Lipinski definition) is 1. The number of carbonyl (C=O) groups is 1. The molecule has 0 radical (unpaired) electrons. The molecule has 0 saturated carbocycles. The van der Waals surface area contributed by atoms with E-state index in [0.29, 0.717) is 0 Å². The molecule has 0 unspecified atom stereocenters. The summed E-state index contributed by atoms with van der Waals surface area (Å²) in [5, 5.41) is 11.9. The van der Waals surface area contributed by atoms with Gasteiger partial charge in [0, 0.05) is 5.71 Å². The van der Waals surface area contributed by atoms with E-state index in [1.165, 1.54) is 0 Å². The number of benzene rings is 1. The number of aromatic nitrogens is 3. The molecule has 94 valence electrons. The van der Waals surface area contributed by atoms with Crippen LogP contribution in [0.25, 0.3) is 11.0 Å². The summed E-state index contributed by atoms with van der Waals surface area (Å²) in [6, 6.07) is 7.51. The number of amides is 1. The molecular formula is C12H15N5O. The van der Waals surface area contributed by atoms with Gasteiger partial charge in [-0.1, -0.05) is 24.3 Å². The first-order valence-corrected chi connectivity index (χ1v) is 5.81. The SMILES string of the molecule is CC/C(C)=N\NC(=O)Cn1nnc2ccccc21. The van der Waals surface area contributed by atoms with E-state index in [4.69, 9.17) is 0 Å². The summed E-state index contributed by atoms with van der Waals surface area (Å²) < 4.78 is 1.56. The van der Waals surface area contributed by atoms with E-state index in [0.717, 1.165) is 23.2 Å². The lowest BCUT2D eigenvalue weighted by Gasteiger charge is -2.02. The Balaban J connectivity index is 2.07. The van der Waals surface area contributed by atoms with Crippen molar-refractivity contribution in [3.05, 3.63) is 24.3 Å². The summed E-state index contributed by atoms with van der Waals surface area (Å²) in [4.78, 5) is 11.7. The predicted octanol–water partition coefficient (Wildman–Crippen LogP) is 1.33. The molecule has 6 heteroatoms. The number of hydrogen-bond acceptors (Lipinski definition) is 4. The van der Waals surface area contributed by atoms with Crippen LogP contribution in [-0.4, -0.2) is 26.6 Å². The first kappa shape index (κ1) is 12.2. The van der Waals surface area contributed by atoms with Crippen LogP contribution in [0.5, 0.6) is 0 Å². The molecule has 0 atom stereocenters. The number of para-hydroxylation sites is 1. The lowest BCUT2D eigenvalue weighted by molar-refractivity contribution is -0.121. The number of nitrogens with zero attached hydrogens (tertiary/aromatic N) is 4. The van der Waals surface area contributed by atoms with Crippen LogP contribution in [0.1, 0.15) is 20.3 Å². The highest BCUT2D eigenvalue weighted by molar-refractivity contribution is 5.84. The molecule has 0 aliphatic rings. The first-order chi connectivity index (χ1) is 8.70. The summed E-state index contributed by atoms with van der Waals surface area (Å²) in [7, 11) is 0. The van der Waals surface area contributed by atoms with Crippen molar-refractivity contribution in [1.29, 1.82) is 0 Å². The van der Waals surface area contributed by atoms with E-state index < -0.39 is 0 Å². The van der Waals surface area contributed by atoms with Crippen LogP contribution >= 0.6 is 0 Å². The molecule has 0 aliphatic heterocycles. The standard InChI is InChI=1S/C12H15N5O/c1-3-9(2)13-15-12(18)8-17-11-7-5-4-6-10(11)14-16-17/h4-7H,3,8H2,1-2H3,(H,15,18)/b13-9-. The zero-order valence-corrected chi connectivity index (χ0v) is 10.4. The van der Waals surface area contributed by atoms with Crippen molar-refractivity contribution >= 4 is 22.7 Å².